The summed E-state index contributed by atoms with van der Waals surface area (Å²) in [4.78, 5) is 24.3. The molecule has 3 aromatic rings. The first kappa shape index (κ1) is 23.3. The van der Waals surface area contributed by atoms with Gasteiger partial charge in [0.2, 0.25) is 11.8 Å². The maximum Gasteiger partial charge on any atom is 0.251 e. The van der Waals surface area contributed by atoms with E-state index >= 15 is 0 Å². The lowest BCUT2D eigenvalue weighted by molar-refractivity contribution is 0.366. The molecule has 1 aliphatic rings. The summed E-state index contributed by atoms with van der Waals surface area (Å²) < 4.78 is 10.4. The SMILES string of the molecule is CC.COc1cc(OC)nc(CC(C)(C#N)c2ccc3c4c(c(=O)[nH]c3c2)CCCC4)n1. The molecule has 2 aromatic heterocycles. The first-order valence-electron chi connectivity index (χ1n) is 11.0. The molecule has 0 saturated heterocycles. The number of hydrogen-bond donors (Lipinski definition) is 1. The zero-order valence-corrected chi connectivity index (χ0v) is 19.4. The number of aromatic nitrogens is 3. The molecule has 0 aliphatic heterocycles. The van der Waals surface area contributed by atoms with Crippen molar-refractivity contribution in [3.05, 3.63) is 57.1 Å². The molecule has 0 amide bonds. The summed E-state index contributed by atoms with van der Waals surface area (Å²) in [5.41, 5.74) is 2.71. The number of hydrogen-bond acceptors (Lipinski definition) is 6. The number of benzene rings is 1. The summed E-state index contributed by atoms with van der Waals surface area (Å²) in [6, 6.07) is 9.90. The van der Waals surface area contributed by atoms with Crippen molar-refractivity contribution < 1.29 is 9.47 Å². The minimum atomic E-state index is -0.891. The van der Waals surface area contributed by atoms with E-state index in [0.29, 0.717) is 17.6 Å². The average molecular weight is 435 g/mol. The van der Waals surface area contributed by atoms with Crippen LogP contribution < -0.4 is 15.0 Å². The molecule has 0 spiro atoms. The van der Waals surface area contributed by atoms with Crippen molar-refractivity contribution in [2.75, 3.05) is 14.2 Å². The van der Waals surface area contributed by atoms with Crippen molar-refractivity contribution in [1.29, 1.82) is 5.26 Å². The Bertz CT molecular complexity index is 1190. The molecule has 4 rings (SSSR count). The second kappa shape index (κ2) is 9.82. The van der Waals surface area contributed by atoms with Gasteiger partial charge in [0.25, 0.3) is 5.56 Å². The second-order valence-electron chi connectivity index (χ2n) is 7.87. The molecule has 2 heterocycles. The van der Waals surface area contributed by atoms with Crippen LogP contribution >= 0.6 is 0 Å². The summed E-state index contributed by atoms with van der Waals surface area (Å²) in [5.74, 6) is 1.22. The van der Waals surface area contributed by atoms with Crippen molar-refractivity contribution in [2.24, 2.45) is 0 Å². The van der Waals surface area contributed by atoms with Crippen molar-refractivity contribution in [3.8, 4) is 17.8 Å². The molecule has 1 aliphatic carbocycles. The third kappa shape index (κ3) is 4.45. The molecule has 0 radical (unpaired) electrons. The molecule has 32 heavy (non-hydrogen) atoms. The molecule has 7 nitrogen and oxygen atoms in total. The number of aromatic amines is 1. The summed E-state index contributed by atoms with van der Waals surface area (Å²) in [6.45, 7) is 5.85. The highest BCUT2D eigenvalue weighted by Gasteiger charge is 2.30. The quantitative estimate of drug-likeness (QED) is 0.644. The van der Waals surface area contributed by atoms with Crippen LogP contribution in [0.25, 0.3) is 10.9 Å². The molecular formula is C25H30N4O3. The highest BCUT2D eigenvalue weighted by molar-refractivity contribution is 5.84. The maximum absolute atomic E-state index is 12.6. The monoisotopic (exact) mass is 434 g/mol. The Balaban J connectivity index is 0.00000141. The van der Waals surface area contributed by atoms with E-state index in [0.717, 1.165) is 53.3 Å². The number of aryl methyl sites for hydroxylation is 1. The predicted molar refractivity (Wildman–Crippen MR) is 124 cm³/mol. The molecule has 7 heteroatoms. The van der Waals surface area contributed by atoms with Crippen LogP contribution in [0.4, 0.5) is 0 Å². The number of nitrogens with one attached hydrogen (secondary N) is 1. The van der Waals surface area contributed by atoms with E-state index < -0.39 is 5.41 Å². The fourth-order valence-corrected chi connectivity index (χ4v) is 4.17. The number of ether oxygens (including phenoxy) is 2. The zero-order chi connectivity index (χ0) is 23.3. The highest BCUT2D eigenvalue weighted by Crippen LogP contribution is 2.32. The number of pyridine rings is 1. The van der Waals surface area contributed by atoms with Crippen LogP contribution in [-0.2, 0) is 24.7 Å². The molecule has 1 unspecified atom stereocenters. The number of fused-ring (bicyclic) bond motifs is 3. The molecule has 1 aromatic carbocycles. The van der Waals surface area contributed by atoms with Crippen molar-refractivity contribution in [3.63, 3.8) is 0 Å². The van der Waals surface area contributed by atoms with Crippen LogP contribution in [0.5, 0.6) is 11.8 Å². The zero-order valence-electron chi connectivity index (χ0n) is 19.4. The van der Waals surface area contributed by atoms with Crippen molar-refractivity contribution >= 4 is 10.9 Å². The lowest BCUT2D eigenvalue weighted by Gasteiger charge is -2.23. The molecule has 0 fully saturated rings. The van der Waals surface area contributed by atoms with E-state index in [1.54, 1.807) is 6.07 Å². The van der Waals surface area contributed by atoms with Gasteiger partial charge in [-0.05, 0) is 49.8 Å². The van der Waals surface area contributed by atoms with Gasteiger partial charge in [-0.15, -0.1) is 0 Å². The fraction of sp³-hybridized carbons (Fsp3) is 0.440. The van der Waals surface area contributed by atoms with Gasteiger partial charge in [0, 0.05) is 22.9 Å². The van der Waals surface area contributed by atoms with Gasteiger partial charge < -0.3 is 14.5 Å². The van der Waals surface area contributed by atoms with E-state index in [2.05, 4.69) is 21.0 Å². The number of H-pyrrole nitrogens is 1. The van der Waals surface area contributed by atoms with Crippen LogP contribution in [0.1, 0.15) is 56.1 Å². The van der Waals surface area contributed by atoms with Crippen LogP contribution in [0.15, 0.2) is 29.1 Å². The first-order chi connectivity index (χ1) is 15.5. The van der Waals surface area contributed by atoms with Gasteiger partial charge in [-0.3, -0.25) is 4.79 Å². The van der Waals surface area contributed by atoms with Crippen LogP contribution in [0.2, 0.25) is 0 Å². The Labute approximate surface area is 188 Å². The van der Waals surface area contributed by atoms with E-state index in [1.807, 2.05) is 39.0 Å². The highest BCUT2D eigenvalue weighted by atomic mass is 16.5. The van der Waals surface area contributed by atoms with E-state index in [1.165, 1.54) is 14.2 Å². The third-order valence-corrected chi connectivity index (χ3v) is 5.87. The number of rotatable bonds is 5. The molecule has 0 saturated carbocycles. The molecule has 1 N–H and O–H groups in total. The van der Waals surface area contributed by atoms with Gasteiger partial charge >= 0.3 is 0 Å². The Morgan fingerprint density at radius 1 is 1.06 bits per heavy atom. The maximum atomic E-state index is 12.6. The topological polar surface area (TPSA) is 101 Å². The van der Waals surface area contributed by atoms with Gasteiger partial charge in [0.15, 0.2) is 0 Å². The Morgan fingerprint density at radius 3 is 2.28 bits per heavy atom. The fourth-order valence-electron chi connectivity index (χ4n) is 4.17. The first-order valence-corrected chi connectivity index (χ1v) is 11.0. The Kier molecular flexibility index (Phi) is 7.14. The van der Waals surface area contributed by atoms with Crippen molar-refractivity contribution in [1.82, 2.24) is 15.0 Å². The second-order valence-corrected chi connectivity index (χ2v) is 7.87. The van der Waals surface area contributed by atoms with Crippen LogP contribution in [0, 0.1) is 11.3 Å². The molecule has 168 valence electrons. The summed E-state index contributed by atoms with van der Waals surface area (Å²) in [6.07, 6.45) is 4.17. The largest absolute Gasteiger partial charge is 0.481 e. The summed E-state index contributed by atoms with van der Waals surface area (Å²) >= 11 is 0. The normalized spacial score (nSPS) is 14.4. The minimum Gasteiger partial charge on any atom is -0.481 e. The van der Waals surface area contributed by atoms with Gasteiger partial charge in [0.1, 0.15) is 5.82 Å². The lowest BCUT2D eigenvalue weighted by Crippen LogP contribution is -2.25. The lowest BCUT2D eigenvalue weighted by atomic mass is 9.79. The van der Waals surface area contributed by atoms with Gasteiger partial charge in [0.05, 0.1) is 31.8 Å². The van der Waals surface area contributed by atoms with Gasteiger partial charge in [-0.2, -0.15) is 15.2 Å². The summed E-state index contributed by atoms with van der Waals surface area (Å²) in [5, 5.41) is 11.1. The number of methoxy groups -OCH3 is 2. The van der Waals surface area contributed by atoms with Crippen LogP contribution in [-0.4, -0.2) is 29.2 Å². The summed E-state index contributed by atoms with van der Waals surface area (Å²) in [7, 11) is 3.05. The van der Waals surface area contributed by atoms with Crippen LogP contribution in [0.3, 0.4) is 0 Å². The smallest absolute Gasteiger partial charge is 0.251 e. The van der Waals surface area contributed by atoms with Crippen molar-refractivity contribution in [2.45, 2.75) is 58.3 Å². The average Bonchev–Trinajstić information content (AvgIpc) is 2.84. The van der Waals surface area contributed by atoms with E-state index in [9.17, 15) is 10.1 Å². The molecule has 0 bridgehead atoms. The van der Waals surface area contributed by atoms with E-state index in [-0.39, 0.29) is 12.0 Å². The van der Waals surface area contributed by atoms with Gasteiger partial charge in [-0.25, -0.2) is 0 Å². The standard InChI is InChI=1S/C23H24N4O3.C2H6/c1-23(13-24,12-19-26-20(29-2)11-21(27-19)30-3)14-8-9-16-15-6-4-5-7-17(15)22(28)25-18(16)10-14;1-2/h8-11H,4-7,12H2,1-3H3,(H,25,28);1-2H3. The van der Waals surface area contributed by atoms with Gasteiger partial charge in [-0.1, -0.05) is 26.0 Å². The third-order valence-electron chi connectivity index (χ3n) is 5.87. The Hall–Kier alpha value is -3.40. The number of nitrogens with zero attached hydrogens (tertiary/aromatic N) is 3. The number of nitriles is 1. The molecular weight excluding hydrogens is 404 g/mol. The molecule has 1 atom stereocenters. The Morgan fingerprint density at radius 2 is 1.69 bits per heavy atom. The minimum absolute atomic E-state index is 0.0196. The predicted octanol–water partition coefficient (Wildman–Crippen LogP) is 4.26. The van der Waals surface area contributed by atoms with E-state index in [4.69, 9.17) is 9.47 Å².